The van der Waals surface area contributed by atoms with Crippen molar-refractivity contribution < 1.29 is 14.7 Å². The molecule has 0 bridgehead atoms. The molecule has 0 heterocycles. The summed E-state index contributed by atoms with van der Waals surface area (Å²) in [5.74, 6) is -0.278. The first kappa shape index (κ1) is 25.0. The van der Waals surface area contributed by atoms with Crippen molar-refractivity contribution in [3.05, 3.63) is 58.7 Å². The van der Waals surface area contributed by atoms with Gasteiger partial charge in [0.15, 0.2) is 11.6 Å². The molecule has 0 aromatic rings. The maximum absolute atomic E-state index is 11.8. The fraction of sp³-hybridized carbons (Fsp3) is 0.538. The zero-order valence-corrected chi connectivity index (χ0v) is 18.9. The van der Waals surface area contributed by atoms with Crippen LogP contribution >= 0.6 is 0 Å². The van der Waals surface area contributed by atoms with E-state index in [0.29, 0.717) is 24.8 Å². The molecule has 160 valence electrons. The summed E-state index contributed by atoms with van der Waals surface area (Å²) >= 11 is 0. The lowest BCUT2D eigenvalue weighted by Crippen LogP contribution is -2.24. The third-order valence-corrected chi connectivity index (χ3v) is 5.26. The third-order valence-electron chi connectivity index (χ3n) is 5.26. The van der Waals surface area contributed by atoms with E-state index in [9.17, 15) is 14.7 Å². The quantitative estimate of drug-likeness (QED) is 0.308. The number of aliphatic hydroxyl groups is 1. The largest absolute Gasteiger partial charge is 0.390 e. The molecule has 0 radical (unpaired) electrons. The van der Waals surface area contributed by atoms with Crippen LogP contribution in [0.15, 0.2) is 58.7 Å². The Balaban J connectivity index is 2.34. The van der Waals surface area contributed by atoms with Crippen molar-refractivity contribution in [2.24, 2.45) is 0 Å². The number of allylic oxidation sites excluding steroid dienone is 10. The molecule has 1 aliphatic carbocycles. The first-order valence-corrected chi connectivity index (χ1v) is 10.7. The summed E-state index contributed by atoms with van der Waals surface area (Å²) in [5, 5.41) is 10.6. The number of carbonyl (C=O) groups is 2. The third kappa shape index (κ3) is 11.6. The van der Waals surface area contributed by atoms with E-state index >= 15 is 0 Å². The topological polar surface area (TPSA) is 54.4 Å². The van der Waals surface area contributed by atoms with Gasteiger partial charge in [-0.25, -0.2) is 0 Å². The molecule has 1 N–H and O–H groups in total. The van der Waals surface area contributed by atoms with E-state index in [0.717, 1.165) is 32.1 Å². The zero-order valence-electron chi connectivity index (χ0n) is 18.9. The second kappa shape index (κ2) is 12.5. The van der Waals surface area contributed by atoms with Gasteiger partial charge < -0.3 is 5.11 Å². The lowest BCUT2D eigenvalue weighted by molar-refractivity contribution is -0.114. The second-order valence-corrected chi connectivity index (χ2v) is 8.76. The van der Waals surface area contributed by atoms with Crippen LogP contribution in [0.4, 0.5) is 0 Å². The van der Waals surface area contributed by atoms with E-state index in [2.05, 4.69) is 45.9 Å². The van der Waals surface area contributed by atoms with Gasteiger partial charge in [0.1, 0.15) is 0 Å². The summed E-state index contributed by atoms with van der Waals surface area (Å²) in [6, 6.07) is 0. The standard InChI is InChI=1S/C26H38O3/c1-20(2)9-6-10-21(3)11-7-12-22(4)13-8-17-26(5,29)18-16-23-19-24(27)14-15-25(23)28/h9,11,13-15,19,29H,6-8,10,12,16-18H2,1-5H3/b21-11+,22-13+. The molecule has 0 aliphatic heterocycles. The minimum absolute atomic E-state index is 0.125. The molecule has 1 aliphatic rings. The Morgan fingerprint density at radius 1 is 0.897 bits per heavy atom. The van der Waals surface area contributed by atoms with Gasteiger partial charge in [0, 0.05) is 5.57 Å². The highest BCUT2D eigenvalue weighted by Crippen LogP contribution is 2.24. The average Bonchev–Trinajstić information content (AvgIpc) is 2.62. The molecule has 0 spiro atoms. The normalized spacial score (nSPS) is 17.2. The number of ketones is 2. The van der Waals surface area contributed by atoms with Crippen LogP contribution in [0.25, 0.3) is 0 Å². The van der Waals surface area contributed by atoms with Crippen LogP contribution in [0.2, 0.25) is 0 Å². The predicted octanol–water partition coefficient (Wildman–Crippen LogP) is 6.35. The first-order valence-electron chi connectivity index (χ1n) is 10.7. The molecular weight excluding hydrogens is 360 g/mol. The minimum atomic E-state index is -0.844. The van der Waals surface area contributed by atoms with E-state index < -0.39 is 5.60 Å². The van der Waals surface area contributed by atoms with Gasteiger partial charge in [-0.3, -0.25) is 9.59 Å². The van der Waals surface area contributed by atoms with Crippen molar-refractivity contribution in [3.8, 4) is 0 Å². The molecule has 0 aromatic carbocycles. The zero-order chi connectivity index (χ0) is 21.9. The first-order chi connectivity index (χ1) is 13.6. The van der Waals surface area contributed by atoms with Crippen molar-refractivity contribution in [2.75, 3.05) is 0 Å². The van der Waals surface area contributed by atoms with Crippen LogP contribution < -0.4 is 0 Å². The monoisotopic (exact) mass is 398 g/mol. The predicted molar refractivity (Wildman–Crippen MR) is 122 cm³/mol. The average molecular weight is 399 g/mol. The van der Waals surface area contributed by atoms with E-state index in [1.807, 2.05) is 0 Å². The Morgan fingerprint density at radius 3 is 2.10 bits per heavy atom. The van der Waals surface area contributed by atoms with E-state index in [1.54, 1.807) is 6.92 Å². The van der Waals surface area contributed by atoms with Crippen LogP contribution in [-0.4, -0.2) is 22.3 Å². The van der Waals surface area contributed by atoms with Crippen LogP contribution in [0.3, 0.4) is 0 Å². The summed E-state index contributed by atoms with van der Waals surface area (Å²) in [4.78, 5) is 23.2. The maximum atomic E-state index is 11.8. The molecular formula is C26H38O3. The molecule has 29 heavy (non-hydrogen) atoms. The van der Waals surface area contributed by atoms with Gasteiger partial charge in [-0.05, 0) is 104 Å². The van der Waals surface area contributed by atoms with Crippen molar-refractivity contribution in [3.63, 3.8) is 0 Å². The molecule has 0 amide bonds. The summed E-state index contributed by atoms with van der Waals surface area (Å²) < 4.78 is 0. The molecule has 1 rings (SSSR count). The molecule has 0 fully saturated rings. The highest BCUT2D eigenvalue weighted by atomic mass is 16.3. The van der Waals surface area contributed by atoms with E-state index in [1.165, 1.54) is 34.9 Å². The fourth-order valence-electron chi connectivity index (χ4n) is 3.25. The Labute approximate surface area is 177 Å². The molecule has 0 saturated carbocycles. The van der Waals surface area contributed by atoms with Crippen molar-refractivity contribution in [2.45, 2.75) is 91.6 Å². The number of carbonyl (C=O) groups excluding carboxylic acids is 2. The molecule has 3 heteroatoms. The molecule has 1 atom stereocenters. The number of hydrogen-bond acceptors (Lipinski definition) is 3. The van der Waals surface area contributed by atoms with Crippen molar-refractivity contribution in [1.29, 1.82) is 0 Å². The molecule has 3 nitrogen and oxygen atoms in total. The van der Waals surface area contributed by atoms with Gasteiger partial charge in [-0.15, -0.1) is 0 Å². The highest BCUT2D eigenvalue weighted by molar-refractivity contribution is 6.17. The Bertz CT molecular complexity index is 723. The smallest absolute Gasteiger partial charge is 0.182 e. The number of rotatable bonds is 12. The van der Waals surface area contributed by atoms with Crippen molar-refractivity contribution in [1.82, 2.24) is 0 Å². The summed E-state index contributed by atoms with van der Waals surface area (Å²) in [6.45, 7) is 10.4. The lowest BCUT2D eigenvalue weighted by Gasteiger charge is -2.23. The summed E-state index contributed by atoms with van der Waals surface area (Å²) in [5.41, 5.74) is 3.81. The van der Waals surface area contributed by atoms with Crippen LogP contribution in [0.1, 0.15) is 86.0 Å². The Kier molecular flexibility index (Phi) is 10.8. The molecule has 0 aromatic heterocycles. The Morgan fingerprint density at radius 2 is 1.48 bits per heavy atom. The fourth-order valence-corrected chi connectivity index (χ4v) is 3.25. The minimum Gasteiger partial charge on any atom is -0.390 e. The van der Waals surface area contributed by atoms with Gasteiger partial charge >= 0.3 is 0 Å². The molecule has 0 saturated heterocycles. The summed E-state index contributed by atoms with van der Waals surface area (Å²) in [6.07, 6.45) is 17.5. The lowest BCUT2D eigenvalue weighted by atomic mass is 9.89. The SMILES string of the molecule is CC(C)=CCC/C(C)=C/CC/C(C)=C/CCC(C)(O)CCC1=CC(=O)C=CC1=O. The Hall–Kier alpha value is -2.00. The van der Waals surface area contributed by atoms with Gasteiger partial charge in [0.05, 0.1) is 5.60 Å². The van der Waals surface area contributed by atoms with Gasteiger partial charge in [-0.1, -0.05) is 34.9 Å². The summed E-state index contributed by atoms with van der Waals surface area (Å²) in [7, 11) is 0. The van der Waals surface area contributed by atoms with Crippen LogP contribution in [-0.2, 0) is 9.59 Å². The van der Waals surface area contributed by atoms with E-state index in [-0.39, 0.29) is 11.6 Å². The van der Waals surface area contributed by atoms with Crippen LogP contribution in [0.5, 0.6) is 0 Å². The van der Waals surface area contributed by atoms with Gasteiger partial charge in [-0.2, -0.15) is 0 Å². The van der Waals surface area contributed by atoms with Gasteiger partial charge in [0.2, 0.25) is 0 Å². The van der Waals surface area contributed by atoms with Gasteiger partial charge in [0.25, 0.3) is 0 Å². The van der Waals surface area contributed by atoms with E-state index in [4.69, 9.17) is 0 Å². The second-order valence-electron chi connectivity index (χ2n) is 8.76. The molecule has 1 unspecified atom stereocenters. The number of hydrogen-bond donors (Lipinski definition) is 1. The van der Waals surface area contributed by atoms with Crippen molar-refractivity contribution >= 4 is 11.6 Å². The highest BCUT2D eigenvalue weighted by Gasteiger charge is 2.22. The maximum Gasteiger partial charge on any atom is 0.182 e. The van der Waals surface area contributed by atoms with Crippen LogP contribution in [0, 0.1) is 0 Å².